The molecule has 1 aliphatic heterocycles. The molecule has 2 aliphatic rings. The van der Waals surface area contributed by atoms with Gasteiger partial charge in [0.05, 0.1) is 0 Å². The average Bonchev–Trinajstić information content (AvgIpc) is 2.87. The predicted molar refractivity (Wildman–Crippen MR) is 106 cm³/mol. The molecule has 2 fully saturated rings. The van der Waals surface area contributed by atoms with E-state index in [4.69, 9.17) is 16.3 Å². The highest BCUT2D eigenvalue weighted by Gasteiger charge is 2.50. The number of fused-ring (bicyclic) bond motifs is 2. The van der Waals surface area contributed by atoms with E-state index in [-0.39, 0.29) is 35.9 Å². The van der Waals surface area contributed by atoms with Crippen molar-refractivity contribution in [2.24, 2.45) is 10.8 Å². The highest BCUT2D eigenvalue weighted by atomic mass is 35.5. The van der Waals surface area contributed by atoms with Gasteiger partial charge in [-0.2, -0.15) is 0 Å². The molecule has 1 saturated heterocycles. The summed E-state index contributed by atoms with van der Waals surface area (Å²) in [4.78, 5) is 38.4. The normalized spacial score (nSPS) is 25.3. The van der Waals surface area contributed by atoms with Crippen LogP contribution in [0.15, 0.2) is 24.3 Å². The molecule has 0 radical (unpaired) electrons. The van der Waals surface area contributed by atoms with Crippen molar-refractivity contribution in [2.75, 3.05) is 19.7 Å². The number of amides is 2. The van der Waals surface area contributed by atoms with Crippen LogP contribution >= 0.6 is 11.6 Å². The Morgan fingerprint density at radius 3 is 2.54 bits per heavy atom. The standard InChI is InChI=1S/C21H27ClN2O4/c1-20(2)8-16-9-21(3,12-20)13-24(16)17(25)11-28-18(26)10-23-19(27)14-4-6-15(22)7-5-14/h4-7,16H,8-13H2,1-3H3,(H,23,27)/t16-,21-/m0/s1. The first-order valence-corrected chi connectivity index (χ1v) is 9.94. The lowest BCUT2D eigenvalue weighted by atomic mass is 9.65. The largest absolute Gasteiger partial charge is 0.454 e. The fourth-order valence-corrected chi connectivity index (χ4v) is 5.01. The number of rotatable bonds is 5. The Kier molecular flexibility index (Phi) is 5.71. The van der Waals surface area contributed by atoms with E-state index < -0.39 is 11.9 Å². The van der Waals surface area contributed by atoms with Crippen molar-refractivity contribution in [3.63, 3.8) is 0 Å². The van der Waals surface area contributed by atoms with Crippen LogP contribution in [0.1, 0.15) is 50.4 Å². The topological polar surface area (TPSA) is 75.7 Å². The van der Waals surface area contributed by atoms with Gasteiger partial charge in [-0.25, -0.2) is 0 Å². The number of nitrogens with one attached hydrogen (secondary N) is 1. The van der Waals surface area contributed by atoms with E-state index in [2.05, 4.69) is 26.1 Å². The fraction of sp³-hybridized carbons (Fsp3) is 0.571. The van der Waals surface area contributed by atoms with Crippen molar-refractivity contribution in [1.29, 1.82) is 0 Å². The highest BCUT2D eigenvalue weighted by molar-refractivity contribution is 6.30. The van der Waals surface area contributed by atoms with Gasteiger partial charge in [0.1, 0.15) is 6.54 Å². The molecule has 1 heterocycles. The fourth-order valence-electron chi connectivity index (χ4n) is 4.88. The molecule has 0 spiro atoms. The molecule has 0 unspecified atom stereocenters. The Balaban J connectivity index is 1.45. The Morgan fingerprint density at radius 2 is 1.86 bits per heavy atom. The average molecular weight is 407 g/mol. The molecule has 1 aromatic carbocycles. The quantitative estimate of drug-likeness (QED) is 0.762. The Bertz CT molecular complexity index is 777. The molecule has 1 saturated carbocycles. The second-order valence-electron chi connectivity index (χ2n) is 9.09. The van der Waals surface area contributed by atoms with Gasteiger partial charge in [0, 0.05) is 23.2 Å². The van der Waals surface area contributed by atoms with E-state index in [0.717, 1.165) is 19.3 Å². The van der Waals surface area contributed by atoms with Gasteiger partial charge in [0.15, 0.2) is 6.61 Å². The molecule has 1 aromatic rings. The van der Waals surface area contributed by atoms with Gasteiger partial charge in [-0.1, -0.05) is 32.4 Å². The maximum atomic E-state index is 12.6. The number of nitrogens with zero attached hydrogens (tertiary/aromatic N) is 1. The van der Waals surface area contributed by atoms with Crippen LogP contribution in [0.5, 0.6) is 0 Å². The summed E-state index contributed by atoms with van der Waals surface area (Å²) in [5.74, 6) is -1.20. The molecule has 2 bridgehead atoms. The van der Waals surface area contributed by atoms with Crippen LogP contribution in [0.2, 0.25) is 5.02 Å². The van der Waals surface area contributed by atoms with Crippen LogP contribution in [-0.4, -0.2) is 48.4 Å². The van der Waals surface area contributed by atoms with Gasteiger partial charge >= 0.3 is 5.97 Å². The van der Waals surface area contributed by atoms with Gasteiger partial charge in [-0.3, -0.25) is 14.4 Å². The molecule has 1 N–H and O–H groups in total. The number of benzene rings is 1. The summed E-state index contributed by atoms with van der Waals surface area (Å²) in [7, 11) is 0. The summed E-state index contributed by atoms with van der Waals surface area (Å²) in [6, 6.07) is 6.55. The molecule has 28 heavy (non-hydrogen) atoms. The van der Waals surface area contributed by atoms with E-state index >= 15 is 0 Å². The number of carbonyl (C=O) groups excluding carboxylic acids is 3. The molecular formula is C21H27ClN2O4. The van der Waals surface area contributed by atoms with Crippen LogP contribution in [0, 0.1) is 10.8 Å². The van der Waals surface area contributed by atoms with Crippen molar-refractivity contribution in [1.82, 2.24) is 10.2 Å². The number of halogens is 1. The highest BCUT2D eigenvalue weighted by Crippen LogP contribution is 2.52. The molecule has 2 amide bonds. The number of hydrogen-bond donors (Lipinski definition) is 1. The number of hydrogen-bond acceptors (Lipinski definition) is 4. The first-order valence-electron chi connectivity index (χ1n) is 9.56. The number of ether oxygens (including phenoxy) is 1. The molecule has 152 valence electrons. The smallest absolute Gasteiger partial charge is 0.325 e. The molecule has 0 aromatic heterocycles. The van der Waals surface area contributed by atoms with Crippen LogP contribution in [0.4, 0.5) is 0 Å². The number of likely N-dealkylation sites (tertiary alicyclic amines) is 1. The summed E-state index contributed by atoms with van der Waals surface area (Å²) in [6.07, 6.45) is 3.07. The molecular weight excluding hydrogens is 380 g/mol. The van der Waals surface area contributed by atoms with Crippen LogP contribution < -0.4 is 5.32 Å². The molecule has 7 heteroatoms. The minimum absolute atomic E-state index is 0.138. The van der Waals surface area contributed by atoms with Gasteiger partial charge in [-0.15, -0.1) is 0 Å². The number of esters is 1. The Hall–Kier alpha value is -2.08. The lowest BCUT2D eigenvalue weighted by molar-refractivity contribution is -0.151. The number of carbonyl (C=O) groups is 3. The molecule has 2 atom stereocenters. The first-order chi connectivity index (χ1) is 13.1. The third-order valence-electron chi connectivity index (χ3n) is 5.59. The summed E-state index contributed by atoms with van der Waals surface area (Å²) < 4.78 is 5.09. The summed E-state index contributed by atoms with van der Waals surface area (Å²) in [6.45, 7) is 6.85. The van der Waals surface area contributed by atoms with Crippen molar-refractivity contribution >= 4 is 29.4 Å². The molecule has 6 nitrogen and oxygen atoms in total. The summed E-state index contributed by atoms with van der Waals surface area (Å²) in [5, 5.41) is 3.01. The monoisotopic (exact) mass is 406 g/mol. The van der Waals surface area contributed by atoms with Crippen LogP contribution in [0.3, 0.4) is 0 Å². The lowest BCUT2D eigenvalue weighted by Crippen LogP contribution is -2.40. The molecule has 1 aliphatic carbocycles. The second kappa shape index (κ2) is 7.74. The van der Waals surface area contributed by atoms with Gasteiger partial charge in [-0.05, 0) is 54.4 Å². The van der Waals surface area contributed by atoms with Crippen LogP contribution in [0.25, 0.3) is 0 Å². The first kappa shape index (κ1) is 20.6. The van der Waals surface area contributed by atoms with Gasteiger partial charge in [0.2, 0.25) is 0 Å². The van der Waals surface area contributed by atoms with E-state index in [0.29, 0.717) is 17.1 Å². The third kappa shape index (κ3) is 4.85. The van der Waals surface area contributed by atoms with E-state index in [1.54, 1.807) is 24.3 Å². The predicted octanol–water partition coefficient (Wildman–Crippen LogP) is 3.04. The lowest BCUT2D eigenvalue weighted by Gasteiger charge is -2.39. The van der Waals surface area contributed by atoms with Gasteiger partial charge in [0.25, 0.3) is 11.8 Å². The minimum atomic E-state index is -0.635. The van der Waals surface area contributed by atoms with E-state index in [1.165, 1.54) is 0 Å². The Morgan fingerprint density at radius 1 is 1.18 bits per heavy atom. The molecule has 3 rings (SSSR count). The summed E-state index contributed by atoms with van der Waals surface area (Å²) >= 11 is 5.78. The van der Waals surface area contributed by atoms with Crippen molar-refractivity contribution in [3.8, 4) is 0 Å². The summed E-state index contributed by atoms with van der Waals surface area (Å²) in [5.41, 5.74) is 0.752. The zero-order valence-corrected chi connectivity index (χ0v) is 17.3. The van der Waals surface area contributed by atoms with Crippen molar-refractivity contribution < 1.29 is 19.1 Å². The van der Waals surface area contributed by atoms with E-state index in [9.17, 15) is 14.4 Å². The Labute approximate surface area is 170 Å². The maximum absolute atomic E-state index is 12.6. The van der Waals surface area contributed by atoms with Crippen LogP contribution in [-0.2, 0) is 14.3 Å². The van der Waals surface area contributed by atoms with Crippen molar-refractivity contribution in [3.05, 3.63) is 34.9 Å². The third-order valence-corrected chi connectivity index (χ3v) is 5.84. The zero-order valence-electron chi connectivity index (χ0n) is 16.6. The second-order valence-corrected chi connectivity index (χ2v) is 9.52. The van der Waals surface area contributed by atoms with Gasteiger partial charge < -0.3 is 15.0 Å². The SMILES string of the molecule is CC1(C)C[C@H]2C[C@](C)(CN2C(=O)COC(=O)CNC(=O)c2ccc(Cl)cc2)C1. The van der Waals surface area contributed by atoms with Crippen molar-refractivity contribution in [2.45, 2.75) is 46.1 Å². The van der Waals surface area contributed by atoms with E-state index in [1.807, 2.05) is 4.90 Å². The zero-order chi connectivity index (χ0) is 20.5. The minimum Gasteiger partial charge on any atom is -0.454 e. The maximum Gasteiger partial charge on any atom is 0.325 e.